The number of carbonyl (C=O) groups is 1. The fourth-order valence-corrected chi connectivity index (χ4v) is 6.13. The molecule has 0 unspecified atom stereocenters. The summed E-state index contributed by atoms with van der Waals surface area (Å²) in [5, 5.41) is 0.629. The van der Waals surface area contributed by atoms with Gasteiger partial charge in [0.25, 0.3) is 0 Å². The zero-order chi connectivity index (χ0) is 20.6. The molecule has 0 radical (unpaired) electrons. The fraction of sp³-hybridized carbons (Fsp3) is 0.269. The van der Waals surface area contributed by atoms with E-state index in [4.69, 9.17) is 11.6 Å². The lowest BCUT2D eigenvalue weighted by Gasteiger charge is -2.41. The van der Waals surface area contributed by atoms with Crippen molar-refractivity contribution < 1.29 is 4.79 Å². The molecule has 3 aromatic rings. The van der Waals surface area contributed by atoms with Gasteiger partial charge in [0.15, 0.2) is 5.78 Å². The summed E-state index contributed by atoms with van der Waals surface area (Å²) in [6.07, 6.45) is 2.75. The van der Waals surface area contributed by atoms with Gasteiger partial charge >= 0.3 is 0 Å². The first-order valence-electron chi connectivity index (χ1n) is 10.5. The summed E-state index contributed by atoms with van der Waals surface area (Å²) in [5.41, 5.74) is 2.88. The van der Waals surface area contributed by atoms with E-state index in [0.717, 1.165) is 49.4 Å². The number of halogens is 1. The SMILES string of the molecule is O=C1c2cc(Cl)ccc2Sc2ccccc2C12CCN(CCc1ccccc1)CC2. The Morgan fingerprint density at radius 3 is 2.43 bits per heavy atom. The summed E-state index contributed by atoms with van der Waals surface area (Å²) in [6, 6.07) is 24.8. The highest BCUT2D eigenvalue weighted by molar-refractivity contribution is 7.99. The first-order valence-corrected chi connectivity index (χ1v) is 11.7. The highest BCUT2D eigenvalue weighted by Crippen LogP contribution is 2.49. The smallest absolute Gasteiger partial charge is 0.174 e. The zero-order valence-electron chi connectivity index (χ0n) is 16.8. The van der Waals surface area contributed by atoms with Crippen LogP contribution < -0.4 is 0 Å². The Morgan fingerprint density at radius 2 is 1.63 bits per heavy atom. The minimum absolute atomic E-state index is 0.236. The highest BCUT2D eigenvalue weighted by atomic mass is 35.5. The van der Waals surface area contributed by atoms with Gasteiger partial charge in [-0.3, -0.25) is 4.79 Å². The molecule has 1 saturated heterocycles. The number of piperidine rings is 1. The van der Waals surface area contributed by atoms with Crippen LogP contribution in [0.1, 0.15) is 34.3 Å². The van der Waals surface area contributed by atoms with Crippen LogP contribution in [-0.4, -0.2) is 30.3 Å². The lowest BCUT2D eigenvalue weighted by Crippen LogP contribution is -2.47. The Kier molecular flexibility index (Phi) is 5.44. The molecule has 1 spiro atoms. The minimum Gasteiger partial charge on any atom is -0.303 e. The van der Waals surface area contributed by atoms with Crippen LogP contribution in [0.4, 0.5) is 0 Å². The normalized spacial score (nSPS) is 18.0. The van der Waals surface area contributed by atoms with E-state index in [1.807, 2.05) is 18.2 Å². The average Bonchev–Trinajstić information content (AvgIpc) is 2.88. The summed E-state index contributed by atoms with van der Waals surface area (Å²) in [7, 11) is 0. The Labute approximate surface area is 187 Å². The number of rotatable bonds is 3. The lowest BCUT2D eigenvalue weighted by molar-refractivity contribution is 0.0766. The third-order valence-electron chi connectivity index (χ3n) is 6.51. The van der Waals surface area contributed by atoms with Crippen LogP contribution in [0.5, 0.6) is 0 Å². The number of nitrogens with zero attached hydrogens (tertiary/aromatic N) is 1. The average molecular weight is 434 g/mol. The van der Waals surface area contributed by atoms with Gasteiger partial charge in [-0.05, 0) is 67.7 Å². The summed E-state index contributed by atoms with van der Waals surface area (Å²) >= 11 is 7.99. The molecule has 3 aromatic carbocycles. The minimum atomic E-state index is -0.456. The molecule has 0 atom stereocenters. The van der Waals surface area contributed by atoms with Crippen LogP contribution in [0.3, 0.4) is 0 Å². The number of hydrogen-bond donors (Lipinski definition) is 0. The van der Waals surface area contributed by atoms with Gasteiger partial charge in [0.1, 0.15) is 0 Å². The van der Waals surface area contributed by atoms with Gasteiger partial charge in [0, 0.05) is 26.9 Å². The zero-order valence-corrected chi connectivity index (χ0v) is 18.4. The monoisotopic (exact) mass is 433 g/mol. The Morgan fingerprint density at radius 1 is 0.900 bits per heavy atom. The molecule has 0 aromatic heterocycles. The molecule has 5 rings (SSSR count). The van der Waals surface area contributed by atoms with Gasteiger partial charge in [-0.2, -0.15) is 0 Å². The highest BCUT2D eigenvalue weighted by Gasteiger charge is 2.46. The summed E-state index contributed by atoms with van der Waals surface area (Å²) < 4.78 is 0. The number of Topliss-reactive ketones (excluding diaryl/α,β-unsaturated/α-hetero) is 1. The summed E-state index contributed by atoms with van der Waals surface area (Å²) in [4.78, 5) is 18.6. The van der Waals surface area contributed by atoms with E-state index >= 15 is 0 Å². The fourth-order valence-electron chi connectivity index (χ4n) is 4.80. The predicted octanol–water partition coefficient (Wildman–Crippen LogP) is 6.26. The number of ketones is 1. The quantitative estimate of drug-likeness (QED) is 0.486. The van der Waals surface area contributed by atoms with Crippen LogP contribution >= 0.6 is 23.4 Å². The Balaban J connectivity index is 1.43. The number of likely N-dealkylation sites (tertiary alicyclic amines) is 1. The first-order chi connectivity index (χ1) is 14.7. The van der Waals surface area contributed by atoms with Gasteiger partial charge in [-0.15, -0.1) is 0 Å². The third-order valence-corrected chi connectivity index (χ3v) is 7.90. The van der Waals surface area contributed by atoms with Crippen LogP contribution in [0, 0.1) is 0 Å². The van der Waals surface area contributed by atoms with Crippen molar-refractivity contribution in [2.45, 2.75) is 34.5 Å². The van der Waals surface area contributed by atoms with Gasteiger partial charge < -0.3 is 4.90 Å². The van der Waals surface area contributed by atoms with Gasteiger partial charge in [-0.25, -0.2) is 0 Å². The van der Waals surface area contributed by atoms with E-state index in [-0.39, 0.29) is 5.78 Å². The molecule has 0 saturated carbocycles. The topological polar surface area (TPSA) is 20.3 Å². The predicted molar refractivity (Wildman–Crippen MR) is 124 cm³/mol. The van der Waals surface area contributed by atoms with Crippen LogP contribution in [0.2, 0.25) is 5.02 Å². The van der Waals surface area contributed by atoms with E-state index in [2.05, 4.69) is 59.5 Å². The number of hydrogen-bond acceptors (Lipinski definition) is 3. The second-order valence-corrected chi connectivity index (χ2v) is 9.75. The molecule has 0 bridgehead atoms. The van der Waals surface area contributed by atoms with Crippen molar-refractivity contribution in [2.24, 2.45) is 0 Å². The van der Waals surface area contributed by atoms with Crippen molar-refractivity contribution in [3.8, 4) is 0 Å². The van der Waals surface area contributed by atoms with E-state index < -0.39 is 5.41 Å². The molecule has 2 aliphatic heterocycles. The maximum Gasteiger partial charge on any atom is 0.174 e. The van der Waals surface area contributed by atoms with Gasteiger partial charge in [0.2, 0.25) is 0 Å². The second-order valence-electron chi connectivity index (χ2n) is 8.23. The van der Waals surface area contributed by atoms with Crippen LogP contribution in [-0.2, 0) is 11.8 Å². The molecule has 0 aliphatic carbocycles. The standard InChI is InChI=1S/C26H24ClNOS/c27-20-10-11-23-21(18-20)25(29)26(22-8-4-5-9-24(22)30-23)13-16-28(17-14-26)15-12-19-6-2-1-3-7-19/h1-11,18H,12-17H2. The molecule has 2 nitrogen and oxygen atoms in total. The van der Waals surface area contributed by atoms with E-state index in [1.165, 1.54) is 16.0 Å². The van der Waals surface area contributed by atoms with Crippen molar-refractivity contribution in [1.29, 1.82) is 0 Å². The molecule has 0 N–H and O–H groups in total. The van der Waals surface area contributed by atoms with Crippen LogP contribution in [0.15, 0.2) is 82.6 Å². The van der Waals surface area contributed by atoms with Crippen molar-refractivity contribution in [1.82, 2.24) is 4.90 Å². The van der Waals surface area contributed by atoms with Crippen molar-refractivity contribution in [3.05, 3.63) is 94.5 Å². The van der Waals surface area contributed by atoms with E-state index in [1.54, 1.807) is 11.8 Å². The maximum absolute atomic E-state index is 13.9. The van der Waals surface area contributed by atoms with E-state index in [0.29, 0.717) is 5.02 Å². The van der Waals surface area contributed by atoms with Gasteiger partial charge in [0.05, 0.1) is 5.41 Å². The molecular formula is C26H24ClNOS. The first kappa shape index (κ1) is 19.9. The molecule has 30 heavy (non-hydrogen) atoms. The Bertz CT molecular complexity index is 1070. The largest absolute Gasteiger partial charge is 0.303 e. The van der Waals surface area contributed by atoms with Crippen molar-refractivity contribution >= 4 is 29.1 Å². The van der Waals surface area contributed by atoms with Crippen molar-refractivity contribution in [3.63, 3.8) is 0 Å². The Hall–Kier alpha value is -2.07. The molecule has 0 amide bonds. The lowest BCUT2D eigenvalue weighted by atomic mass is 9.68. The number of fused-ring (bicyclic) bond motifs is 3. The number of benzene rings is 3. The van der Waals surface area contributed by atoms with Gasteiger partial charge in [-0.1, -0.05) is 71.9 Å². The third kappa shape index (κ3) is 3.60. The van der Waals surface area contributed by atoms with Crippen molar-refractivity contribution in [2.75, 3.05) is 19.6 Å². The molecule has 2 heterocycles. The molecule has 2 aliphatic rings. The summed E-state index contributed by atoms with van der Waals surface area (Å²) in [6.45, 7) is 2.91. The maximum atomic E-state index is 13.9. The second kappa shape index (κ2) is 8.22. The van der Waals surface area contributed by atoms with Crippen LogP contribution in [0.25, 0.3) is 0 Å². The van der Waals surface area contributed by atoms with E-state index in [9.17, 15) is 4.79 Å². The number of carbonyl (C=O) groups excluding carboxylic acids is 1. The molecule has 4 heteroatoms. The molecule has 152 valence electrons. The summed E-state index contributed by atoms with van der Waals surface area (Å²) in [5.74, 6) is 0.236. The molecular weight excluding hydrogens is 410 g/mol. The molecule has 1 fully saturated rings.